The molecular formula is C19H32N4O. The normalized spacial score (nSPS) is 21.8. The standard InChI is InChI=1S/C19H32N4O/c1-3-15(2)13-19(24)22-11-9-17(10-12-22)23-14-18(20-21-23)16-7-5-4-6-8-16/h14-17H,3-13H2,1-2H3. The van der Waals surface area contributed by atoms with Gasteiger partial charge in [-0.25, -0.2) is 4.68 Å². The molecule has 0 radical (unpaired) electrons. The highest BCUT2D eigenvalue weighted by atomic mass is 16.2. The number of hydrogen-bond acceptors (Lipinski definition) is 3. The molecule has 2 heterocycles. The van der Waals surface area contributed by atoms with Crippen molar-refractivity contribution in [3.05, 3.63) is 11.9 Å². The third-order valence-electron chi connectivity index (χ3n) is 5.96. The second kappa shape index (κ2) is 8.13. The van der Waals surface area contributed by atoms with Crippen LogP contribution >= 0.6 is 0 Å². The maximum atomic E-state index is 12.3. The number of aromatic nitrogens is 3. The summed E-state index contributed by atoms with van der Waals surface area (Å²) in [5.41, 5.74) is 1.19. The van der Waals surface area contributed by atoms with Crippen LogP contribution in [-0.4, -0.2) is 38.9 Å². The first kappa shape index (κ1) is 17.4. The zero-order valence-corrected chi connectivity index (χ0v) is 15.3. The monoisotopic (exact) mass is 332 g/mol. The Morgan fingerprint density at radius 2 is 1.92 bits per heavy atom. The van der Waals surface area contributed by atoms with Gasteiger partial charge < -0.3 is 4.90 Å². The summed E-state index contributed by atoms with van der Waals surface area (Å²) in [4.78, 5) is 14.4. The molecule has 134 valence electrons. The highest BCUT2D eigenvalue weighted by Gasteiger charge is 2.26. The van der Waals surface area contributed by atoms with Crippen LogP contribution in [0.25, 0.3) is 0 Å². The van der Waals surface area contributed by atoms with Gasteiger partial charge in [0.1, 0.15) is 0 Å². The van der Waals surface area contributed by atoms with Crippen LogP contribution in [-0.2, 0) is 4.79 Å². The first-order chi connectivity index (χ1) is 11.7. The molecule has 1 aliphatic carbocycles. The van der Waals surface area contributed by atoms with Gasteiger partial charge in [-0.3, -0.25) is 4.79 Å². The Balaban J connectivity index is 1.51. The third-order valence-corrected chi connectivity index (χ3v) is 5.96. The van der Waals surface area contributed by atoms with Crippen LogP contribution in [0.15, 0.2) is 6.20 Å². The highest BCUT2D eigenvalue weighted by molar-refractivity contribution is 5.76. The number of hydrogen-bond donors (Lipinski definition) is 0. The van der Waals surface area contributed by atoms with Gasteiger partial charge in [0.15, 0.2) is 0 Å². The molecule has 1 aromatic rings. The van der Waals surface area contributed by atoms with Gasteiger partial charge in [0.25, 0.3) is 0 Å². The van der Waals surface area contributed by atoms with Crippen molar-refractivity contribution < 1.29 is 4.79 Å². The quantitative estimate of drug-likeness (QED) is 0.821. The topological polar surface area (TPSA) is 51.0 Å². The predicted octanol–water partition coefficient (Wildman–Crippen LogP) is 3.93. The minimum absolute atomic E-state index is 0.323. The molecule has 1 aliphatic heterocycles. The minimum Gasteiger partial charge on any atom is -0.343 e. The summed E-state index contributed by atoms with van der Waals surface area (Å²) in [6.07, 6.45) is 12.5. The van der Waals surface area contributed by atoms with Crippen LogP contribution in [0.3, 0.4) is 0 Å². The fourth-order valence-corrected chi connectivity index (χ4v) is 4.01. The van der Waals surface area contributed by atoms with E-state index in [1.54, 1.807) is 0 Å². The number of nitrogens with zero attached hydrogens (tertiary/aromatic N) is 4. The average Bonchev–Trinajstić information content (AvgIpc) is 3.12. The number of rotatable bonds is 5. The van der Waals surface area contributed by atoms with Crippen molar-refractivity contribution >= 4 is 5.91 Å². The number of likely N-dealkylation sites (tertiary alicyclic amines) is 1. The summed E-state index contributed by atoms with van der Waals surface area (Å²) in [6, 6.07) is 0.405. The number of carbonyl (C=O) groups is 1. The summed E-state index contributed by atoms with van der Waals surface area (Å²) in [5.74, 6) is 1.43. The maximum absolute atomic E-state index is 12.3. The lowest BCUT2D eigenvalue weighted by molar-refractivity contribution is -0.133. The van der Waals surface area contributed by atoms with E-state index in [0.29, 0.717) is 30.2 Å². The Kier molecular flexibility index (Phi) is 5.90. The van der Waals surface area contributed by atoms with Crippen molar-refractivity contribution in [2.75, 3.05) is 13.1 Å². The fourth-order valence-electron chi connectivity index (χ4n) is 4.01. The molecule has 0 aromatic carbocycles. The van der Waals surface area contributed by atoms with Crippen molar-refractivity contribution in [3.63, 3.8) is 0 Å². The minimum atomic E-state index is 0.323. The second-order valence-corrected chi connectivity index (χ2v) is 7.79. The summed E-state index contributed by atoms with van der Waals surface area (Å²) >= 11 is 0. The summed E-state index contributed by atoms with van der Waals surface area (Å²) in [5, 5.41) is 8.86. The van der Waals surface area contributed by atoms with E-state index in [0.717, 1.165) is 32.4 Å². The molecule has 5 heteroatoms. The SMILES string of the molecule is CCC(C)CC(=O)N1CCC(n2cc(C3CCCCC3)nn2)CC1. The fraction of sp³-hybridized carbons (Fsp3) is 0.842. The Bertz CT molecular complexity index is 527. The smallest absolute Gasteiger partial charge is 0.222 e. The van der Waals surface area contributed by atoms with Gasteiger partial charge >= 0.3 is 0 Å². The Morgan fingerprint density at radius 1 is 1.21 bits per heavy atom. The lowest BCUT2D eigenvalue weighted by Gasteiger charge is -2.32. The zero-order valence-electron chi connectivity index (χ0n) is 15.3. The Morgan fingerprint density at radius 3 is 2.58 bits per heavy atom. The van der Waals surface area contributed by atoms with E-state index in [-0.39, 0.29) is 0 Å². The number of piperidine rings is 1. The lowest BCUT2D eigenvalue weighted by atomic mass is 9.87. The number of amides is 1. The molecule has 5 nitrogen and oxygen atoms in total. The predicted molar refractivity (Wildman–Crippen MR) is 94.8 cm³/mol. The molecule has 24 heavy (non-hydrogen) atoms. The van der Waals surface area contributed by atoms with E-state index >= 15 is 0 Å². The molecule has 1 unspecified atom stereocenters. The van der Waals surface area contributed by atoms with Crippen LogP contribution in [0, 0.1) is 5.92 Å². The lowest BCUT2D eigenvalue weighted by Crippen LogP contribution is -2.39. The van der Waals surface area contributed by atoms with Gasteiger partial charge in [-0.15, -0.1) is 5.10 Å². The van der Waals surface area contributed by atoms with Crippen molar-refractivity contribution in [3.8, 4) is 0 Å². The average molecular weight is 332 g/mol. The Hall–Kier alpha value is -1.39. The van der Waals surface area contributed by atoms with Crippen molar-refractivity contribution in [2.45, 2.75) is 83.6 Å². The van der Waals surface area contributed by atoms with Gasteiger partial charge in [0, 0.05) is 31.6 Å². The first-order valence-electron chi connectivity index (χ1n) is 9.87. The van der Waals surface area contributed by atoms with Crippen molar-refractivity contribution in [1.82, 2.24) is 19.9 Å². The molecule has 1 atom stereocenters. The zero-order chi connectivity index (χ0) is 16.9. The van der Waals surface area contributed by atoms with Gasteiger partial charge in [-0.1, -0.05) is 44.7 Å². The molecule has 2 fully saturated rings. The molecule has 0 spiro atoms. The van der Waals surface area contributed by atoms with E-state index in [9.17, 15) is 4.79 Å². The van der Waals surface area contributed by atoms with Crippen LogP contribution in [0.5, 0.6) is 0 Å². The van der Waals surface area contributed by atoms with E-state index in [1.807, 2.05) is 4.90 Å². The van der Waals surface area contributed by atoms with Crippen LogP contribution < -0.4 is 0 Å². The summed E-state index contributed by atoms with van der Waals surface area (Å²) in [6.45, 7) is 6.03. The molecule has 1 saturated carbocycles. The van der Waals surface area contributed by atoms with Crippen LogP contribution in [0.4, 0.5) is 0 Å². The highest BCUT2D eigenvalue weighted by Crippen LogP contribution is 2.32. The van der Waals surface area contributed by atoms with Gasteiger partial charge in [-0.05, 0) is 31.6 Å². The van der Waals surface area contributed by atoms with Crippen LogP contribution in [0.1, 0.15) is 89.3 Å². The largest absolute Gasteiger partial charge is 0.343 e. The second-order valence-electron chi connectivity index (χ2n) is 7.79. The Labute approximate surface area is 145 Å². The summed E-state index contributed by atoms with van der Waals surface area (Å²) in [7, 11) is 0. The molecule has 2 aliphatic rings. The molecule has 1 aromatic heterocycles. The third kappa shape index (κ3) is 4.17. The van der Waals surface area contributed by atoms with Gasteiger partial charge in [-0.2, -0.15) is 0 Å². The number of carbonyl (C=O) groups excluding carboxylic acids is 1. The van der Waals surface area contributed by atoms with Crippen molar-refractivity contribution in [1.29, 1.82) is 0 Å². The maximum Gasteiger partial charge on any atom is 0.222 e. The van der Waals surface area contributed by atoms with Gasteiger partial charge in [0.2, 0.25) is 5.91 Å². The van der Waals surface area contributed by atoms with E-state index < -0.39 is 0 Å². The molecular weight excluding hydrogens is 300 g/mol. The first-order valence-corrected chi connectivity index (χ1v) is 9.87. The van der Waals surface area contributed by atoms with Gasteiger partial charge in [0.05, 0.1) is 11.7 Å². The van der Waals surface area contributed by atoms with Crippen molar-refractivity contribution in [2.24, 2.45) is 5.92 Å². The molecule has 0 bridgehead atoms. The molecule has 0 N–H and O–H groups in total. The molecule has 1 amide bonds. The van der Waals surface area contributed by atoms with E-state index in [1.165, 1.54) is 37.8 Å². The van der Waals surface area contributed by atoms with Crippen LogP contribution in [0.2, 0.25) is 0 Å². The summed E-state index contributed by atoms with van der Waals surface area (Å²) < 4.78 is 2.07. The molecule has 3 rings (SSSR count). The molecule has 1 saturated heterocycles. The van der Waals surface area contributed by atoms with E-state index in [4.69, 9.17) is 0 Å². The van der Waals surface area contributed by atoms with E-state index in [2.05, 4.69) is 35.0 Å².